The van der Waals surface area contributed by atoms with E-state index in [0.717, 1.165) is 5.56 Å². The largest absolute Gasteiger partial charge is 0.494 e. The standard InChI is InChI=1S/C16H14ClN5O2/c1-24-15-7-4-12(8-14(15)22-10-19-20-21-22)16(23)18-9-11-2-5-13(17)6-3-11/h2-8,10H,9H2,1H3,(H,18,23). The summed E-state index contributed by atoms with van der Waals surface area (Å²) in [4.78, 5) is 12.4. The molecule has 0 aliphatic heterocycles. The van der Waals surface area contributed by atoms with Gasteiger partial charge in [-0.05, 0) is 46.3 Å². The van der Waals surface area contributed by atoms with E-state index in [1.807, 2.05) is 12.1 Å². The highest BCUT2D eigenvalue weighted by atomic mass is 35.5. The molecule has 0 spiro atoms. The van der Waals surface area contributed by atoms with E-state index >= 15 is 0 Å². The fourth-order valence-corrected chi connectivity index (χ4v) is 2.29. The number of tetrazole rings is 1. The SMILES string of the molecule is COc1ccc(C(=O)NCc2ccc(Cl)cc2)cc1-n1cnnn1. The summed E-state index contributed by atoms with van der Waals surface area (Å²) in [6.07, 6.45) is 1.44. The average Bonchev–Trinajstić information content (AvgIpc) is 3.15. The molecule has 1 heterocycles. The summed E-state index contributed by atoms with van der Waals surface area (Å²) in [5.41, 5.74) is 2.03. The van der Waals surface area contributed by atoms with E-state index in [-0.39, 0.29) is 5.91 Å². The van der Waals surface area contributed by atoms with Crippen molar-refractivity contribution in [3.63, 3.8) is 0 Å². The number of carbonyl (C=O) groups is 1. The predicted octanol–water partition coefficient (Wildman–Crippen LogP) is 2.25. The second-order valence-corrected chi connectivity index (χ2v) is 5.39. The lowest BCUT2D eigenvalue weighted by Gasteiger charge is -2.10. The Morgan fingerprint density at radius 2 is 2.04 bits per heavy atom. The van der Waals surface area contributed by atoms with Crippen LogP contribution in [0.1, 0.15) is 15.9 Å². The highest BCUT2D eigenvalue weighted by molar-refractivity contribution is 6.30. The van der Waals surface area contributed by atoms with Crippen molar-refractivity contribution in [2.24, 2.45) is 0 Å². The van der Waals surface area contributed by atoms with E-state index in [2.05, 4.69) is 20.8 Å². The molecule has 0 aliphatic rings. The van der Waals surface area contributed by atoms with Crippen LogP contribution in [0.3, 0.4) is 0 Å². The van der Waals surface area contributed by atoms with Crippen LogP contribution >= 0.6 is 11.6 Å². The Kier molecular flexibility index (Phi) is 4.72. The summed E-state index contributed by atoms with van der Waals surface area (Å²) in [6.45, 7) is 0.405. The third kappa shape index (κ3) is 3.52. The first-order valence-corrected chi connectivity index (χ1v) is 7.49. The van der Waals surface area contributed by atoms with E-state index in [4.69, 9.17) is 16.3 Å². The number of methoxy groups -OCH3 is 1. The Hall–Kier alpha value is -2.93. The second-order valence-electron chi connectivity index (χ2n) is 4.95. The van der Waals surface area contributed by atoms with Gasteiger partial charge in [-0.2, -0.15) is 4.68 Å². The minimum Gasteiger partial charge on any atom is -0.494 e. The molecule has 122 valence electrons. The van der Waals surface area contributed by atoms with Crippen molar-refractivity contribution in [2.75, 3.05) is 7.11 Å². The number of nitrogens with one attached hydrogen (secondary N) is 1. The van der Waals surface area contributed by atoms with Gasteiger partial charge in [0.1, 0.15) is 17.8 Å². The van der Waals surface area contributed by atoms with E-state index in [0.29, 0.717) is 28.6 Å². The van der Waals surface area contributed by atoms with Gasteiger partial charge in [-0.15, -0.1) is 5.10 Å². The van der Waals surface area contributed by atoms with Crippen molar-refractivity contribution < 1.29 is 9.53 Å². The van der Waals surface area contributed by atoms with Crippen LogP contribution < -0.4 is 10.1 Å². The van der Waals surface area contributed by atoms with Gasteiger partial charge in [0.2, 0.25) is 0 Å². The maximum Gasteiger partial charge on any atom is 0.251 e. The smallest absolute Gasteiger partial charge is 0.251 e. The van der Waals surface area contributed by atoms with E-state index in [9.17, 15) is 4.79 Å². The summed E-state index contributed by atoms with van der Waals surface area (Å²) < 4.78 is 6.72. The van der Waals surface area contributed by atoms with Crippen LogP contribution in [-0.2, 0) is 6.54 Å². The van der Waals surface area contributed by atoms with Crippen LogP contribution in [0, 0.1) is 0 Å². The van der Waals surface area contributed by atoms with Crippen LogP contribution in [-0.4, -0.2) is 33.2 Å². The number of ether oxygens (including phenoxy) is 1. The lowest BCUT2D eigenvalue weighted by Crippen LogP contribution is -2.23. The highest BCUT2D eigenvalue weighted by Gasteiger charge is 2.12. The molecule has 0 aliphatic carbocycles. The number of benzene rings is 2. The third-order valence-electron chi connectivity index (χ3n) is 3.40. The van der Waals surface area contributed by atoms with Crippen LogP contribution in [0.25, 0.3) is 5.69 Å². The summed E-state index contributed by atoms with van der Waals surface area (Å²) >= 11 is 5.85. The van der Waals surface area contributed by atoms with E-state index in [1.54, 1.807) is 37.4 Å². The predicted molar refractivity (Wildman–Crippen MR) is 88.3 cm³/mol. The zero-order valence-electron chi connectivity index (χ0n) is 12.8. The van der Waals surface area contributed by atoms with Gasteiger partial charge in [0, 0.05) is 17.1 Å². The Balaban J connectivity index is 1.77. The molecule has 0 saturated heterocycles. The number of rotatable bonds is 5. The molecular formula is C16H14ClN5O2. The first kappa shape index (κ1) is 15.9. The Morgan fingerprint density at radius 3 is 2.71 bits per heavy atom. The number of carbonyl (C=O) groups excluding carboxylic acids is 1. The summed E-state index contributed by atoms with van der Waals surface area (Å²) in [5.74, 6) is 0.360. The lowest BCUT2D eigenvalue weighted by molar-refractivity contribution is 0.0951. The molecule has 2 aromatic carbocycles. The molecular weight excluding hydrogens is 330 g/mol. The van der Waals surface area contributed by atoms with Gasteiger partial charge in [0.15, 0.2) is 0 Å². The lowest BCUT2D eigenvalue weighted by atomic mass is 10.1. The van der Waals surface area contributed by atoms with E-state index in [1.165, 1.54) is 11.0 Å². The van der Waals surface area contributed by atoms with Crippen molar-refractivity contribution in [3.05, 3.63) is 64.9 Å². The minimum absolute atomic E-state index is 0.207. The Labute approximate surface area is 143 Å². The number of hydrogen-bond donors (Lipinski definition) is 1. The van der Waals surface area contributed by atoms with Crippen LogP contribution in [0.5, 0.6) is 5.75 Å². The molecule has 0 unspecified atom stereocenters. The fourth-order valence-electron chi connectivity index (χ4n) is 2.17. The van der Waals surface area contributed by atoms with Gasteiger partial charge < -0.3 is 10.1 Å². The molecule has 24 heavy (non-hydrogen) atoms. The van der Waals surface area contributed by atoms with Crippen molar-refractivity contribution in [1.82, 2.24) is 25.5 Å². The topological polar surface area (TPSA) is 81.9 Å². The van der Waals surface area contributed by atoms with Crippen molar-refractivity contribution >= 4 is 17.5 Å². The van der Waals surface area contributed by atoms with Gasteiger partial charge >= 0.3 is 0 Å². The molecule has 0 atom stereocenters. The van der Waals surface area contributed by atoms with Crippen molar-refractivity contribution in [2.45, 2.75) is 6.54 Å². The second kappa shape index (κ2) is 7.10. The molecule has 3 aromatic rings. The fraction of sp³-hybridized carbons (Fsp3) is 0.125. The van der Waals surface area contributed by atoms with Gasteiger partial charge in [-0.25, -0.2) is 0 Å². The monoisotopic (exact) mass is 343 g/mol. The number of nitrogens with zero attached hydrogens (tertiary/aromatic N) is 4. The normalized spacial score (nSPS) is 10.4. The van der Waals surface area contributed by atoms with E-state index < -0.39 is 0 Å². The maximum absolute atomic E-state index is 12.4. The molecule has 1 N–H and O–H groups in total. The molecule has 8 heteroatoms. The number of amides is 1. The summed E-state index contributed by atoms with van der Waals surface area (Å²) in [5, 5.41) is 14.5. The number of hydrogen-bond acceptors (Lipinski definition) is 5. The Bertz CT molecular complexity index is 834. The first-order valence-electron chi connectivity index (χ1n) is 7.11. The molecule has 3 rings (SSSR count). The van der Waals surface area contributed by atoms with Crippen LogP contribution in [0.4, 0.5) is 0 Å². The van der Waals surface area contributed by atoms with Gasteiger partial charge in [-0.3, -0.25) is 4.79 Å². The number of halogens is 1. The van der Waals surface area contributed by atoms with Gasteiger partial charge in [0.05, 0.1) is 7.11 Å². The zero-order chi connectivity index (χ0) is 16.9. The van der Waals surface area contributed by atoms with Gasteiger partial charge in [0.25, 0.3) is 5.91 Å². The molecule has 1 amide bonds. The number of aromatic nitrogens is 4. The molecule has 0 bridgehead atoms. The first-order chi connectivity index (χ1) is 11.7. The third-order valence-corrected chi connectivity index (χ3v) is 3.66. The zero-order valence-corrected chi connectivity index (χ0v) is 13.6. The Morgan fingerprint density at radius 1 is 1.25 bits per heavy atom. The summed E-state index contributed by atoms with van der Waals surface area (Å²) in [7, 11) is 1.55. The van der Waals surface area contributed by atoms with Crippen LogP contribution in [0.15, 0.2) is 48.8 Å². The van der Waals surface area contributed by atoms with Gasteiger partial charge in [-0.1, -0.05) is 23.7 Å². The van der Waals surface area contributed by atoms with Crippen molar-refractivity contribution in [1.29, 1.82) is 0 Å². The molecule has 7 nitrogen and oxygen atoms in total. The molecule has 0 saturated carbocycles. The molecule has 0 fully saturated rings. The van der Waals surface area contributed by atoms with Crippen LogP contribution in [0.2, 0.25) is 5.02 Å². The quantitative estimate of drug-likeness (QED) is 0.768. The minimum atomic E-state index is -0.207. The molecule has 1 aromatic heterocycles. The average molecular weight is 344 g/mol. The highest BCUT2D eigenvalue weighted by Crippen LogP contribution is 2.23. The maximum atomic E-state index is 12.4. The van der Waals surface area contributed by atoms with Crippen molar-refractivity contribution in [3.8, 4) is 11.4 Å². The molecule has 0 radical (unpaired) electrons. The summed E-state index contributed by atoms with van der Waals surface area (Å²) in [6, 6.07) is 12.4.